The second kappa shape index (κ2) is 10.5. The van der Waals surface area contributed by atoms with Gasteiger partial charge in [-0.3, -0.25) is 0 Å². The zero-order valence-corrected chi connectivity index (χ0v) is 18.4. The van der Waals surface area contributed by atoms with Crippen LogP contribution in [0.2, 0.25) is 0 Å². The minimum absolute atomic E-state index is 0.201. The van der Waals surface area contributed by atoms with Gasteiger partial charge in [0.05, 0.1) is 12.2 Å². The number of hydrogen-bond donors (Lipinski definition) is 3. The van der Waals surface area contributed by atoms with E-state index in [0.29, 0.717) is 6.54 Å². The van der Waals surface area contributed by atoms with Gasteiger partial charge in [0.15, 0.2) is 0 Å². The highest BCUT2D eigenvalue weighted by Crippen LogP contribution is 2.33. The molecular weight excluding hydrogens is 386 g/mol. The molecule has 0 aliphatic carbocycles. The molecule has 2 heterocycles. The minimum Gasteiger partial charge on any atom is -0.392 e. The number of nitrogens with zero attached hydrogens (tertiary/aromatic N) is 2. The summed E-state index contributed by atoms with van der Waals surface area (Å²) in [5.41, 5.74) is 8.58. The molecule has 2 aromatic rings. The standard InChI is InChI=1S/C26H37N3O2/c27-19-24(25(30)20-11-15-28(16-12-20)22-7-3-1-4-8-22)26(31)21-13-17-29(18-14-21)23-9-5-2-6-10-23/h1-10,20-21,24-26,30-31H,11-19,27H2. The molecule has 0 spiro atoms. The maximum Gasteiger partial charge on any atom is 0.0634 e. The molecule has 2 saturated heterocycles. The summed E-state index contributed by atoms with van der Waals surface area (Å²) in [6.07, 6.45) is 2.67. The minimum atomic E-state index is -0.537. The first-order valence-electron chi connectivity index (χ1n) is 11.8. The molecule has 4 rings (SSSR count). The molecule has 2 aliphatic rings. The van der Waals surface area contributed by atoms with Crippen molar-refractivity contribution in [3.63, 3.8) is 0 Å². The molecule has 4 N–H and O–H groups in total. The van der Waals surface area contributed by atoms with E-state index in [1.807, 2.05) is 12.1 Å². The van der Waals surface area contributed by atoms with Gasteiger partial charge in [-0.05, 0) is 61.8 Å². The summed E-state index contributed by atoms with van der Waals surface area (Å²) >= 11 is 0. The molecule has 2 aromatic carbocycles. The summed E-state index contributed by atoms with van der Waals surface area (Å²) in [7, 11) is 0. The Labute approximate surface area is 186 Å². The number of rotatable bonds is 7. The Morgan fingerprint density at radius 3 is 1.35 bits per heavy atom. The van der Waals surface area contributed by atoms with Gasteiger partial charge in [0, 0.05) is 50.0 Å². The van der Waals surface area contributed by atoms with E-state index in [1.54, 1.807) is 0 Å². The molecule has 0 saturated carbocycles. The van der Waals surface area contributed by atoms with Crippen LogP contribution in [-0.4, -0.2) is 55.1 Å². The van der Waals surface area contributed by atoms with Gasteiger partial charge in [-0.2, -0.15) is 0 Å². The van der Waals surface area contributed by atoms with Gasteiger partial charge in [0.2, 0.25) is 0 Å². The number of aliphatic hydroxyl groups is 2. The molecule has 2 atom stereocenters. The van der Waals surface area contributed by atoms with E-state index >= 15 is 0 Å². The molecule has 168 valence electrons. The topological polar surface area (TPSA) is 73.0 Å². The summed E-state index contributed by atoms with van der Waals surface area (Å²) in [5.74, 6) is 0.154. The first-order chi connectivity index (χ1) is 15.2. The van der Waals surface area contributed by atoms with Crippen molar-refractivity contribution in [2.45, 2.75) is 37.9 Å². The van der Waals surface area contributed by atoms with Crippen LogP contribution in [0, 0.1) is 17.8 Å². The predicted octanol–water partition coefficient (Wildman–Crippen LogP) is 3.12. The second-order valence-electron chi connectivity index (χ2n) is 9.20. The van der Waals surface area contributed by atoms with Gasteiger partial charge in [0.25, 0.3) is 0 Å². The lowest BCUT2D eigenvalue weighted by Gasteiger charge is -2.42. The van der Waals surface area contributed by atoms with Crippen molar-refractivity contribution in [2.75, 3.05) is 42.5 Å². The fraction of sp³-hybridized carbons (Fsp3) is 0.538. The number of para-hydroxylation sites is 2. The number of benzene rings is 2. The average molecular weight is 424 g/mol. The van der Waals surface area contributed by atoms with Gasteiger partial charge in [-0.15, -0.1) is 0 Å². The number of hydrogen-bond acceptors (Lipinski definition) is 5. The zero-order chi connectivity index (χ0) is 21.6. The first kappa shape index (κ1) is 22.1. The first-order valence-corrected chi connectivity index (χ1v) is 11.8. The largest absolute Gasteiger partial charge is 0.392 e. The van der Waals surface area contributed by atoms with Gasteiger partial charge < -0.3 is 25.7 Å². The highest BCUT2D eigenvalue weighted by Gasteiger charge is 2.38. The summed E-state index contributed by atoms with van der Waals surface area (Å²) < 4.78 is 0. The van der Waals surface area contributed by atoms with E-state index in [4.69, 9.17) is 5.73 Å². The van der Waals surface area contributed by atoms with Crippen molar-refractivity contribution in [1.82, 2.24) is 0 Å². The highest BCUT2D eigenvalue weighted by atomic mass is 16.3. The van der Waals surface area contributed by atoms with Crippen LogP contribution in [0.25, 0.3) is 0 Å². The van der Waals surface area contributed by atoms with Gasteiger partial charge in [0.1, 0.15) is 0 Å². The molecule has 2 aliphatic heterocycles. The van der Waals surface area contributed by atoms with E-state index in [0.717, 1.165) is 51.9 Å². The third-order valence-electron chi connectivity index (χ3n) is 7.44. The lowest BCUT2D eigenvalue weighted by Crippen LogP contribution is -2.49. The maximum absolute atomic E-state index is 11.2. The van der Waals surface area contributed by atoms with Crippen LogP contribution in [0.5, 0.6) is 0 Å². The molecular formula is C26H37N3O2. The molecule has 5 nitrogen and oxygen atoms in total. The van der Waals surface area contributed by atoms with Crippen LogP contribution in [0.3, 0.4) is 0 Å². The lowest BCUT2D eigenvalue weighted by atomic mass is 9.76. The van der Waals surface area contributed by atoms with Crippen molar-refractivity contribution < 1.29 is 10.2 Å². The Balaban J connectivity index is 1.30. The van der Waals surface area contributed by atoms with Crippen LogP contribution in [0.4, 0.5) is 11.4 Å². The number of anilines is 2. The maximum atomic E-state index is 11.2. The van der Waals surface area contributed by atoms with E-state index < -0.39 is 12.2 Å². The van der Waals surface area contributed by atoms with Gasteiger partial charge in [-0.1, -0.05) is 36.4 Å². The Morgan fingerprint density at radius 2 is 1.03 bits per heavy atom. The van der Waals surface area contributed by atoms with Crippen LogP contribution in [-0.2, 0) is 0 Å². The van der Waals surface area contributed by atoms with Crippen molar-refractivity contribution in [1.29, 1.82) is 0 Å². The van der Waals surface area contributed by atoms with Crippen LogP contribution < -0.4 is 15.5 Å². The summed E-state index contributed by atoms with van der Waals surface area (Å²) in [4.78, 5) is 4.77. The van der Waals surface area contributed by atoms with Crippen molar-refractivity contribution >= 4 is 11.4 Å². The van der Waals surface area contributed by atoms with Crippen molar-refractivity contribution in [3.05, 3.63) is 60.7 Å². The Kier molecular flexibility index (Phi) is 7.49. The monoisotopic (exact) mass is 423 g/mol. The summed E-state index contributed by atoms with van der Waals surface area (Å²) in [5, 5.41) is 22.3. The fourth-order valence-electron chi connectivity index (χ4n) is 5.46. The van der Waals surface area contributed by atoms with Crippen LogP contribution in [0.1, 0.15) is 25.7 Å². The molecule has 0 aromatic heterocycles. The average Bonchev–Trinajstić information content (AvgIpc) is 2.85. The number of piperidine rings is 2. The van der Waals surface area contributed by atoms with E-state index in [2.05, 4.69) is 58.3 Å². The quantitative estimate of drug-likeness (QED) is 0.638. The Morgan fingerprint density at radius 1 is 0.677 bits per heavy atom. The molecule has 2 unspecified atom stereocenters. The van der Waals surface area contributed by atoms with Crippen LogP contribution >= 0.6 is 0 Å². The summed E-state index contributed by atoms with van der Waals surface area (Å²) in [6.45, 7) is 4.09. The lowest BCUT2D eigenvalue weighted by molar-refractivity contribution is -0.0473. The molecule has 0 amide bonds. The van der Waals surface area contributed by atoms with E-state index in [-0.39, 0.29) is 17.8 Å². The van der Waals surface area contributed by atoms with E-state index in [9.17, 15) is 10.2 Å². The highest BCUT2D eigenvalue weighted by molar-refractivity contribution is 5.47. The molecule has 2 fully saturated rings. The van der Waals surface area contributed by atoms with Gasteiger partial charge >= 0.3 is 0 Å². The fourth-order valence-corrected chi connectivity index (χ4v) is 5.46. The normalized spacial score (nSPS) is 21.6. The molecule has 31 heavy (non-hydrogen) atoms. The second-order valence-corrected chi connectivity index (χ2v) is 9.20. The smallest absolute Gasteiger partial charge is 0.0634 e. The molecule has 0 bridgehead atoms. The van der Waals surface area contributed by atoms with Crippen LogP contribution in [0.15, 0.2) is 60.7 Å². The third-order valence-corrected chi connectivity index (χ3v) is 7.44. The zero-order valence-electron chi connectivity index (χ0n) is 18.4. The van der Waals surface area contributed by atoms with Gasteiger partial charge in [-0.25, -0.2) is 0 Å². The van der Waals surface area contributed by atoms with E-state index in [1.165, 1.54) is 11.4 Å². The summed E-state index contributed by atoms with van der Waals surface area (Å²) in [6, 6.07) is 20.9. The van der Waals surface area contributed by atoms with Crippen molar-refractivity contribution in [3.8, 4) is 0 Å². The number of aliphatic hydroxyl groups excluding tert-OH is 2. The third kappa shape index (κ3) is 5.22. The Hall–Kier alpha value is -2.08. The molecule has 0 radical (unpaired) electrons. The number of nitrogens with two attached hydrogens (primary N) is 1. The van der Waals surface area contributed by atoms with Crippen molar-refractivity contribution in [2.24, 2.45) is 23.5 Å². The Bertz CT molecular complexity index is 706. The molecule has 5 heteroatoms. The SMILES string of the molecule is NCC(C(O)C1CCN(c2ccccc2)CC1)C(O)C1CCN(c2ccccc2)CC1. The predicted molar refractivity (Wildman–Crippen MR) is 127 cm³/mol.